The van der Waals surface area contributed by atoms with Crippen LogP contribution in [0.25, 0.3) is 0 Å². The van der Waals surface area contributed by atoms with Gasteiger partial charge in [-0.25, -0.2) is 28.0 Å². The summed E-state index contributed by atoms with van der Waals surface area (Å²) >= 11 is 0. The van der Waals surface area contributed by atoms with Gasteiger partial charge in [-0.05, 0) is 61.1 Å². The Morgan fingerprint density at radius 1 is 0.959 bits per heavy atom. The lowest BCUT2D eigenvalue weighted by atomic mass is 9.60. The van der Waals surface area contributed by atoms with Gasteiger partial charge in [0.1, 0.15) is 25.1 Å². The predicted molar refractivity (Wildman–Crippen MR) is 170 cm³/mol. The molecule has 0 saturated heterocycles. The highest BCUT2D eigenvalue weighted by Gasteiger charge is 2.76. The van der Waals surface area contributed by atoms with Gasteiger partial charge in [0.15, 0.2) is 5.54 Å². The smallest absolute Gasteiger partial charge is 0.459 e. The van der Waals surface area contributed by atoms with Crippen molar-refractivity contribution in [3.05, 3.63) is 61.0 Å². The Hall–Kier alpha value is -4.00. The molecule has 1 unspecified atom stereocenters. The molecule has 9 atom stereocenters. The maximum absolute atomic E-state index is 16.3. The van der Waals surface area contributed by atoms with Crippen molar-refractivity contribution in [2.75, 3.05) is 13.2 Å². The third-order valence-electron chi connectivity index (χ3n) is 11.7. The van der Waals surface area contributed by atoms with Crippen molar-refractivity contribution in [2.45, 2.75) is 96.1 Å². The number of alkyl carbamates (subject to hydrolysis) is 1. The minimum absolute atomic E-state index is 0.0251. The molecule has 4 aliphatic rings. The van der Waals surface area contributed by atoms with Crippen LogP contribution < -0.4 is 5.32 Å². The van der Waals surface area contributed by atoms with Gasteiger partial charge in [0, 0.05) is 24.2 Å². The summed E-state index contributed by atoms with van der Waals surface area (Å²) in [5, 5.41) is 2.55. The van der Waals surface area contributed by atoms with E-state index in [0.29, 0.717) is 17.9 Å². The van der Waals surface area contributed by atoms with E-state index in [1.807, 2.05) is 0 Å². The molecule has 0 aliphatic heterocycles. The molecule has 1 amide bonds. The molecule has 4 fully saturated rings. The Balaban J connectivity index is 1.38. The Labute approximate surface area is 284 Å². The lowest BCUT2D eigenvalue weighted by Gasteiger charge is -2.49. The molecule has 1 aromatic carbocycles. The molecule has 4 aliphatic carbocycles. The number of alkyl halides is 1. The number of nitrogens with one attached hydrogen (secondary N) is 1. The van der Waals surface area contributed by atoms with Gasteiger partial charge in [-0.2, -0.15) is 0 Å². The zero-order chi connectivity index (χ0) is 35.8. The van der Waals surface area contributed by atoms with Gasteiger partial charge >= 0.3 is 24.2 Å². The highest BCUT2D eigenvalue weighted by molar-refractivity contribution is 5.90. The SMILES string of the molecule is C=CCOC(=O)N[C@]1(C(=O)OC(C)OC(=O)O[C@@H]2C[C@@H]3CC[C@@]2(C)C3(C)C)[C@@H]2C[C@@](F)(C(=O)OCC=C)[C@@H]2C[C@H]1OCc1ccc(F)cc1. The van der Waals surface area contributed by atoms with Gasteiger partial charge in [0.25, 0.3) is 0 Å². The lowest BCUT2D eigenvalue weighted by molar-refractivity contribution is -0.195. The van der Waals surface area contributed by atoms with E-state index >= 15 is 4.39 Å². The fraction of sp³-hybridized carbons (Fsp3) is 0.611. The second kappa shape index (κ2) is 13.7. The fourth-order valence-corrected chi connectivity index (χ4v) is 8.43. The molecule has 13 heteroatoms. The fourth-order valence-electron chi connectivity index (χ4n) is 8.43. The number of carbonyl (C=O) groups is 4. The summed E-state index contributed by atoms with van der Waals surface area (Å²) in [6.45, 7) is 14.1. The van der Waals surface area contributed by atoms with Crippen molar-refractivity contribution in [2.24, 2.45) is 28.6 Å². The van der Waals surface area contributed by atoms with Gasteiger partial charge in [-0.15, -0.1) is 0 Å². The van der Waals surface area contributed by atoms with Crippen molar-refractivity contribution in [1.29, 1.82) is 0 Å². The maximum Gasteiger partial charge on any atom is 0.511 e. The molecule has 0 spiro atoms. The average Bonchev–Trinajstić information content (AvgIpc) is 3.51. The number of ether oxygens (including phenoxy) is 6. The predicted octanol–water partition coefficient (Wildman–Crippen LogP) is 6.10. The van der Waals surface area contributed by atoms with Gasteiger partial charge < -0.3 is 33.7 Å². The molecule has 268 valence electrons. The van der Waals surface area contributed by atoms with Gasteiger partial charge in [0.2, 0.25) is 12.0 Å². The van der Waals surface area contributed by atoms with E-state index in [1.54, 1.807) is 0 Å². The first-order valence-electron chi connectivity index (χ1n) is 16.6. The molecule has 5 rings (SSSR count). The minimum Gasteiger partial charge on any atom is -0.459 e. The molecule has 1 N–H and O–H groups in total. The normalized spacial score (nSPS) is 34.0. The van der Waals surface area contributed by atoms with Crippen LogP contribution in [-0.2, 0) is 44.6 Å². The minimum atomic E-state index is -2.50. The molecule has 2 bridgehead atoms. The molecule has 1 aromatic rings. The third kappa shape index (κ3) is 6.41. The number of hydrogen-bond acceptors (Lipinski definition) is 10. The largest absolute Gasteiger partial charge is 0.511 e. The highest BCUT2D eigenvalue weighted by Crippen LogP contribution is 2.66. The van der Waals surface area contributed by atoms with Crippen LogP contribution in [0.3, 0.4) is 0 Å². The molecule has 0 heterocycles. The molecule has 11 nitrogen and oxygen atoms in total. The van der Waals surface area contributed by atoms with Crippen LogP contribution in [0.5, 0.6) is 0 Å². The second-order valence-corrected chi connectivity index (χ2v) is 14.3. The molecule has 49 heavy (non-hydrogen) atoms. The average molecular weight is 690 g/mol. The summed E-state index contributed by atoms with van der Waals surface area (Å²) in [6.07, 6.45) is -0.682. The highest BCUT2D eigenvalue weighted by atomic mass is 19.1. The van der Waals surface area contributed by atoms with Crippen LogP contribution in [0.15, 0.2) is 49.6 Å². The van der Waals surface area contributed by atoms with E-state index < -0.39 is 71.9 Å². The van der Waals surface area contributed by atoms with Crippen LogP contribution in [-0.4, -0.2) is 67.1 Å². The first-order chi connectivity index (χ1) is 23.1. The molecular weight excluding hydrogens is 644 g/mol. The standard InChI is InChI=1S/C36H45F2NO10/c1-7-15-44-29(40)35(38)19-26-25(35)18-28(46-20-22-9-11-24(37)12-10-22)36(26,39-31(42)45-16-8-2)30(41)47-21(3)48-32(43)49-27-17-23-13-14-34(27,6)33(23,4)5/h7-12,21,23,25-28H,1-2,13-20H2,3-6H3,(H,39,42)/t21?,23-,25+,26+,27+,28+,34+,35-,36+/m0/s1. The summed E-state index contributed by atoms with van der Waals surface area (Å²) in [6, 6.07) is 5.38. The number of carbonyl (C=O) groups excluding carboxylic acids is 4. The van der Waals surface area contributed by atoms with E-state index in [1.165, 1.54) is 43.3 Å². The van der Waals surface area contributed by atoms with E-state index in [-0.39, 0.29) is 43.2 Å². The van der Waals surface area contributed by atoms with Crippen LogP contribution in [0.2, 0.25) is 0 Å². The molecule has 4 saturated carbocycles. The van der Waals surface area contributed by atoms with Crippen molar-refractivity contribution < 1.29 is 56.4 Å². The van der Waals surface area contributed by atoms with Crippen LogP contribution in [0, 0.1) is 34.4 Å². The number of halogens is 2. The first-order valence-corrected chi connectivity index (χ1v) is 16.6. The molecular formula is C36H45F2NO10. The summed E-state index contributed by atoms with van der Waals surface area (Å²) in [5.74, 6) is -4.47. The summed E-state index contributed by atoms with van der Waals surface area (Å²) < 4.78 is 62.9. The van der Waals surface area contributed by atoms with Crippen LogP contribution >= 0.6 is 0 Å². The monoisotopic (exact) mass is 689 g/mol. The van der Waals surface area contributed by atoms with Crippen molar-refractivity contribution in [3.63, 3.8) is 0 Å². The van der Waals surface area contributed by atoms with E-state index in [2.05, 4.69) is 39.2 Å². The Kier molecular flexibility index (Phi) is 10.2. The van der Waals surface area contributed by atoms with Gasteiger partial charge in [-0.1, -0.05) is 58.2 Å². The molecule has 0 radical (unpaired) electrons. The zero-order valence-electron chi connectivity index (χ0n) is 28.3. The van der Waals surface area contributed by atoms with Crippen LogP contribution in [0.1, 0.15) is 65.4 Å². The van der Waals surface area contributed by atoms with E-state index in [0.717, 1.165) is 12.8 Å². The van der Waals surface area contributed by atoms with Crippen molar-refractivity contribution in [3.8, 4) is 0 Å². The second-order valence-electron chi connectivity index (χ2n) is 14.3. The van der Waals surface area contributed by atoms with E-state index in [9.17, 15) is 23.6 Å². The Morgan fingerprint density at radius 2 is 1.63 bits per heavy atom. The number of esters is 2. The van der Waals surface area contributed by atoms with Crippen LogP contribution in [0.4, 0.5) is 18.4 Å². The summed E-state index contributed by atoms with van der Waals surface area (Å²) in [7, 11) is 0. The quantitative estimate of drug-likeness (QED) is 0.112. The maximum atomic E-state index is 16.3. The summed E-state index contributed by atoms with van der Waals surface area (Å²) in [5.41, 5.74) is -4.34. The topological polar surface area (TPSA) is 136 Å². The Bertz CT molecular complexity index is 1470. The zero-order valence-corrected chi connectivity index (χ0v) is 28.3. The number of amides is 1. The number of benzene rings is 1. The number of fused-ring (bicyclic) bond motifs is 3. The van der Waals surface area contributed by atoms with Crippen molar-refractivity contribution in [1.82, 2.24) is 5.32 Å². The molecule has 0 aromatic heterocycles. The number of hydrogen-bond donors (Lipinski definition) is 1. The van der Waals surface area contributed by atoms with Gasteiger partial charge in [0.05, 0.1) is 12.7 Å². The number of rotatable bonds is 13. The lowest BCUT2D eigenvalue weighted by Crippen LogP contribution is -2.70. The first kappa shape index (κ1) is 36.3. The third-order valence-corrected chi connectivity index (χ3v) is 11.7. The summed E-state index contributed by atoms with van der Waals surface area (Å²) in [4.78, 5) is 53.1. The van der Waals surface area contributed by atoms with Gasteiger partial charge in [-0.3, -0.25) is 0 Å². The van der Waals surface area contributed by atoms with E-state index in [4.69, 9.17) is 28.4 Å². The Morgan fingerprint density at radius 3 is 2.24 bits per heavy atom. The van der Waals surface area contributed by atoms with Crippen molar-refractivity contribution >= 4 is 24.2 Å².